The number of hydrogen-bond acceptors (Lipinski definition) is 4. The summed E-state index contributed by atoms with van der Waals surface area (Å²) in [5.74, 6) is -0.586. The summed E-state index contributed by atoms with van der Waals surface area (Å²) in [5.41, 5.74) is 1.70. The Morgan fingerprint density at radius 3 is 2.45 bits per heavy atom. The van der Waals surface area contributed by atoms with E-state index in [0.29, 0.717) is 0 Å². The Morgan fingerprint density at radius 2 is 1.86 bits per heavy atom. The summed E-state index contributed by atoms with van der Waals surface area (Å²) >= 11 is 0. The van der Waals surface area contributed by atoms with Gasteiger partial charge in [-0.1, -0.05) is 26.8 Å². The number of nitrogens with one attached hydrogen (secondary N) is 1. The molecular formula is C16H23NO4S. The molecule has 0 saturated carbocycles. The van der Waals surface area contributed by atoms with Gasteiger partial charge in [-0.15, -0.1) is 0 Å². The third kappa shape index (κ3) is 3.50. The topological polar surface area (TPSA) is 72.5 Å². The van der Waals surface area contributed by atoms with Crippen LogP contribution in [0.5, 0.6) is 0 Å². The number of aryl methyl sites for hydroxylation is 2. The van der Waals surface area contributed by atoms with Crippen molar-refractivity contribution in [2.75, 3.05) is 7.11 Å². The lowest BCUT2D eigenvalue weighted by Crippen LogP contribution is -2.49. The molecule has 0 aromatic heterocycles. The largest absolute Gasteiger partial charge is 0.468 e. The van der Waals surface area contributed by atoms with Gasteiger partial charge in [0.15, 0.2) is 0 Å². The second kappa shape index (κ2) is 6.01. The zero-order valence-electron chi connectivity index (χ0n) is 13.5. The lowest BCUT2D eigenvalue weighted by Gasteiger charge is -2.28. The number of esters is 1. The predicted octanol–water partition coefficient (Wildman–Crippen LogP) is 2.04. The van der Waals surface area contributed by atoms with E-state index in [1.807, 2.05) is 6.07 Å². The maximum absolute atomic E-state index is 12.6. The van der Waals surface area contributed by atoms with Crippen molar-refractivity contribution in [3.05, 3.63) is 29.3 Å². The van der Waals surface area contributed by atoms with Gasteiger partial charge in [0.2, 0.25) is 10.0 Å². The van der Waals surface area contributed by atoms with Crippen LogP contribution < -0.4 is 4.72 Å². The van der Waals surface area contributed by atoms with Gasteiger partial charge in [-0.3, -0.25) is 4.79 Å². The van der Waals surface area contributed by atoms with Crippen molar-refractivity contribution in [1.29, 1.82) is 0 Å². The van der Waals surface area contributed by atoms with Crippen LogP contribution in [0.1, 0.15) is 38.3 Å². The van der Waals surface area contributed by atoms with Crippen molar-refractivity contribution >= 4 is 16.0 Å². The molecule has 0 saturated heterocycles. The van der Waals surface area contributed by atoms with Crippen LogP contribution in [0.25, 0.3) is 0 Å². The van der Waals surface area contributed by atoms with E-state index in [2.05, 4.69) is 4.72 Å². The van der Waals surface area contributed by atoms with Gasteiger partial charge in [-0.05, 0) is 47.9 Å². The molecule has 1 atom stereocenters. The van der Waals surface area contributed by atoms with Gasteiger partial charge in [0.25, 0.3) is 0 Å². The van der Waals surface area contributed by atoms with Crippen LogP contribution in [0.3, 0.4) is 0 Å². The first-order valence-corrected chi connectivity index (χ1v) is 8.85. The normalized spacial score (nSPS) is 16.2. The third-order valence-corrected chi connectivity index (χ3v) is 5.38. The first-order valence-electron chi connectivity index (χ1n) is 7.37. The highest BCUT2D eigenvalue weighted by atomic mass is 32.2. The van der Waals surface area contributed by atoms with Crippen molar-refractivity contribution in [3.63, 3.8) is 0 Å². The summed E-state index contributed by atoms with van der Waals surface area (Å²) in [5, 5.41) is 0. The zero-order valence-corrected chi connectivity index (χ0v) is 14.3. The quantitative estimate of drug-likeness (QED) is 0.860. The van der Waals surface area contributed by atoms with Crippen LogP contribution in [0, 0.1) is 5.41 Å². The molecule has 1 aliphatic rings. The summed E-state index contributed by atoms with van der Waals surface area (Å²) < 4.78 is 32.4. The monoisotopic (exact) mass is 325 g/mol. The molecule has 5 nitrogen and oxygen atoms in total. The van der Waals surface area contributed by atoms with Crippen molar-refractivity contribution in [1.82, 2.24) is 4.72 Å². The molecule has 2 rings (SSSR count). The zero-order chi connectivity index (χ0) is 16.5. The maximum Gasteiger partial charge on any atom is 0.324 e. The number of methoxy groups -OCH3 is 1. The molecule has 0 bridgehead atoms. The molecule has 22 heavy (non-hydrogen) atoms. The molecule has 0 aliphatic heterocycles. The Kier molecular flexibility index (Phi) is 4.63. The fraction of sp³-hybridized carbons (Fsp3) is 0.562. The first-order chi connectivity index (χ1) is 10.1. The molecule has 1 aromatic rings. The minimum Gasteiger partial charge on any atom is -0.468 e. The summed E-state index contributed by atoms with van der Waals surface area (Å²) in [4.78, 5) is 12.1. The molecule has 6 heteroatoms. The molecule has 122 valence electrons. The van der Waals surface area contributed by atoms with E-state index in [1.165, 1.54) is 12.7 Å². The molecule has 0 amide bonds. The highest BCUT2D eigenvalue weighted by molar-refractivity contribution is 7.89. The number of sulfonamides is 1. The van der Waals surface area contributed by atoms with Crippen LogP contribution >= 0.6 is 0 Å². The van der Waals surface area contributed by atoms with Gasteiger partial charge in [0, 0.05) is 0 Å². The van der Waals surface area contributed by atoms with Crippen LogP contribution in [-0.4, -0.2) is 27.5 Å². The van der Waals surface area contributed by atoms with Crippen molar-refractivity contribution in [2.24, 2.45) is 5.41 Å². The smallest absolute Gasteiger partial charge is 0.324 e. The Labute approximate surface area is 132 Å². The Balaban J connectivity index is 2.31. The SMILES string of the molecule is COC(=O)C(NS(=O)(=O)c1ccc2c(c1)CCC2)C(C)(C)C. The van der Waals surface area contributed by atoms with Gasteiger partial charge in [-0.2, -0.15) is 4.72 Å². The molecule has 0 spiro atoms. The standard InChI is InChI=1S/C16H23NO4S/c1-16(2,3)14(15(18)21-4)17-22(19,20)13-9-8-11-6-5-7-12(11)10-13/h8-10,14,17H,5-7H2,1-4H3. The maximum atomic E-state index is 12.6. The van der Waals surface area contributed by atoms with Crippen molar-refractivity contribution < 1.29 is 17.9 Å². The molecule has 0 fully saturated rings. The number of carbonyl (C=O) groups is 1. The predicted molar refractivity (Wildman–Crippen MR) is 84.0 cm³/mol. The van der Waals surface area contributed by atoms with Gasteiger partial charge >= 0.3 is 5.97 Å². The summed E-state index contributed by atoms with van der Waals surface area (Å²) in [7, 11) is -2.52. The average molecular weight is 325 g/mol. The second-order valence-electron chi connectivity index (χ2n) is 6.73. The van der Waals surface area contributed by atoms with Crippen LogP contribution in [0.2, 0.25) is 0 Å². The van der Waals surface area contributed by atoms with E-state index in [1.54, 1.807) is 32.9 Å². The minimum atomic E-state index is -3.77. The van der Waals surface area contributed by atoms with E-state index in [9.17, 15) is 13.2 Å². The number of ether oxygens (including phenoxy) is 1. The lowest BCUT2D eigenvalue weighted by atomic mass is 9.87. The van der Waals surface area contributed by atoms with Gasteiger partial charge in [0.1, 0.15) is 6.04 Å². The van der Waals surface area contributed by atoms with Gasteiger partial charge < -0.3 is 4.74 Å². The van der Waals surface area contributed by atoms with Crippen molar-refractivity contribution in [2.45, 2.75) is 51.0 Å². The Hall–Kier alpha value is -1.40. The number of benzene rings is 1. The number of hydrogen-bond donors (Lipinski definition) is 1. The Morgan fingerprint density at radius 1 is 1.23 bits per heavy atom. The fourth-order valence-corrected chi connectivity index (χ4v) is 4.08. The first kappa shape index (κ1) is 17.0. The number of carbonyl (C=O) groups excluding carboxylic acids is 1. The summed E-state index contributed by atoms with van der Waals surface area (Å²) in [6, 6.07) is 4.24. The van der Waals surface area contributed by atoms with E-state index in [0.717, 1.165) is 24.8 Å². The molecule has 0 radical (unpaired) electrons. The highest BCUT2D eigenvalue weighted by Gasteiger charge is 2.36. The van der Waals surface area contributed by atoms with Gasteiger partial charge in [-0.25, -0.2) is 8.42 Å². The van der Waals surface area contributed by atoms with Crippen molar-refractivity contribution in [3.8, 4) is 0 Å². The summed E-state index contributed by atoms with van der Waals surface area (Å²) in [6.07, 6.45) is 2.95. The summed E-state index contributed by atoms with van der Waals surface area (Å²) in [6.45, 7) is 5.37. The average Bonchev–Trinajstić information content (AvgIpc) is 2.90. The lowest BCUT2D eigenvalue weighted by molar-refractivity contribution is -0.145. The number of rotatable bonds is 4. The Bertz CT molecular complexity index is 674. The molecule has 1 N–H and O–H groups in total. The van der Waals surface area contributed by atoms with E-state index in [-0.39, 0.29) is 4.90 Å². The van der Waals surface area contributed by atoms with Crippen LogP contribution in [0.15, 0.2) is 23.1 Å². The molecule has 1 aliphatic carbocycles. The molecule has 1 aromatic carbocycles. The van der Waals surface area contributed by atoms with E-state index < -0.39 is 27.4 Å². The number of fused-ring (bicyclic) bond motifs is 1. The molecule has 1 unspecified atom stereocenters. The fourth-order valence-electron chi connectivity index (χ4n) is 2.63. The molecule has 0 heterocycles. The van der Waals surface area contributed by atoms with E-state index in [4.69, 9.17) is 4.74 Å². The minimum absolute atomic E-state index is 0.200. The molecular weight excluding hydrogens is 302 g/mol. The third-order valence-electron chi connectivity index (χ3n) is 3.96. The highest BCUT2D eigenvalue weighted by Crippen LogP contribution is 2.26. The van der Waals surface area contributed by atoms with Gasteiger partial charge in [0.05, 0.1) is 12.0 Å². The van der Waals surface area contributed by atoms with Crippen LogP contribution in [0.4, 0.5) is 0 Å². The van der Waals surface area contributed by atoms with Crippen LogP contribution in [-0.2, 0) is 32.4 Å². The second-order valence-corrected chi connectivity index (χ2v) is 8.44. The van der Waals surface area contributed by atoms with E-state index >= 15 is 0 Å².